The molecule has 0 N–H and O–H groups in total. The minimum Gasteiger partial charge on any atom is -0.495 e. The average molecular weight is 172 g/mol. The van der Waals surface area contributed by atoms with E-state index >= 15 is 0 Å². The predicted octanol–water partition coefficient (Wildman–Crippen LogP) is 1.84. The molecule has 3 heterocycles. The van der Waals surface area contributed by atoms with Crippen molar-refractivity contribution in [1.82, 2.24) is 9.38 Å². The van der Waals surface area contributed by atoms with Gasteiger partial charge in [0.05, 0.1) is 12.0 Å². The zero-order valence-electron chi connectivity index (χ0n) is 6.97. The third-order valence-electron chi connectivity index (χ3n) is 2.19. The van der Waals surface area contributed by atoms with E-state index in [9.17, 15) is 0 Å². The molecule has 0 saturated heterocycles. The standard InChI is InChI=1S/C10H8N2O/c1-2-5-12-9-4-6-13-7-8(9)11-10(12)3-1/h1-6H,7H2. The highest BCUT2D eigenvalue weighted by molar-refractivity contribution is 5.56. The van der Waals surface area contributed by atoms with E-state index in [0.29, 0.717) is 6.61 Å². The topological polar surface area (TPSA) is 26.5 Å². The van der Waals surface area contributed by atoms with Crippen molar-refractivity contribution in [2.24, 2.45) is 0 Å². The van der Waals surface area contributed by atoms with Crippen LogP contribution < -0.4 is 0 Å². The molecular weight excluding hydrogens is 164 g/mol. The summed E-state index contributed by atoms with van der Waals surface area (Å²) < 4.78 is 7.23. The minimum atomic E-state index is 0.577. The zero-order chi connectivity index (χ0) is 8.67. The molecule has 0 aromatic carbocycles. The number of imidazole rings is 1. The van der Waals surface area contributed by atoms with Crippen LogP contribution in [0.5, 0.6) is 0 Å². The minimum absolute atomic E-state index is 0.577. The third-order valence-corrected chi connectivity index (χ3v) is 2.19. The molecule has 0 aliphatic carbocycles. The first-order valence-electron chi connectivity index (χ1n) is 4.19. The van der Waals surface area contributed by atoms with Crippen molar-refractivity contribution in [1.29, 1.82) is 0 Å². The lowest BCUT2D eigenvalue weighted by molar-refractivity contribution is 0.230. The first-order valence-corrected chi connectivity index (χ1v) is 4.19. The Hall–Kier alpha value is -1.77. The molecule has 2 aromatic heterocycles. The Labute approximate surface area is 75.3 Å². The van der Waals surface area contributed by atoms with Crippen LogP contribution in [0.4, 0.5) is 0 Å². The molecule has 3 nitrogen and oxygen atoms in total. The molecule has 0 fully saturated rings. The number of aromatic nitrogens is 2. The molecule has 0 unspecified atom stereocenters. The van der Waals surface area contributed by atoms with Crippen molar-refractivity contribution < 1.29 is 4.74 Å². The van der Waals surface area contributed by atoms with E-state index in [1.165, 1.54) is 0 Å². The second-order valence-corrected chi connectivity index (χ2v) is 2.99. The molecule has 64 valence electrons. The van der Waals surface area contributed by atoms with E-state index < -0.39 is 0 Å². The van der Waals surface area contributed by atoms with Gasteiger partial charge >= 0.3 is 0 Å². The average Bonchev–Trinajstić information content (AvgIpc) is 2.56. The lowest BCUT2D eigenvalue weighted by atomic mass is 10.3. The van der Waals surface area contributed by atoms with Crippen LogP contribution in [0.1, 0.15) is 11.4 Å². The summed E-state index contributed by atoms with van der Waals surface area (Å²) in [5.41, 5.74) is 3.11. The summed E-state index contributed by atoms with van der Waals surface area (Å²) >= 11 is 0. The van der Waals surface area contributed by atoms with Gasteiger partial charge in [0.15, 0.2) is 0 Å². The molecule has 1 aliphatic rings. The van der Waals surface area contributed by atoms with Crippen molar-refractivity contribution in [2.75, 3.05) is 0 Å². The van der Waals surface area contributed by atoms with Gasteiger partial charge in [0.25, 0.3) is 0 Å². The molecule has 3 rings (SSSR count). The highest BCUT2D eigenvalue weighted by Crippen LogP contribution is 2.18. The van der Waals surface area contributed by atoms with Gasteiger partial charge in [-0.15, -0.1) is 0 Å². The smallest absolute Gasteiger partial charge is 0.137 e. The fourth-order valence-electron chi connectivity index (χ4n) is 1.59. The van der Waals surface area contributed by atoms with Crippen LogP contribution >= 0.6 is 0 Å². The SMILES string of the molecule is C1=Cc2c(nc3ccccn23)CO1. The Morgan fingerprint density at radius 2 is 2.38 bits per heavy atom. The van der Waals surface area contributed by atoms with Gasteiger partial charge in [0, 0.05) is 6.20 Å². The van der Waals surface area contributed by atoms with E-state index in [2.05, 4.69) is 9.38 Å². The Bertz CT molecular complexity index is 485. The lowest BCUT2D eigenvalue weighted by Crippen LogP contribution is -1.96. The molecule has 13 heavy (non-hydrogen) atoms. The van der Waals surface area contributed by atoms with Crippen molar-refractivity contribution in [3.8, 4) is 0 Å². The summed E-state index contributed by atoms with van der Waals surface area (Å²) in [7, 11) is 0. The monoisotopic (exact) mass is 172 g/mol. The number of pyridine rings is 1. The van der Waals surface area contributed by atoms with Crippen molar-refractivity contribution in [3.63, 3.8) is 0 Å². The summed E-state index contributed by atoms with van der Waals surface area (Å²) in [5.74, 6) is 0. The molecule has 0 amide bonds. The highest BCUT2D eigenvalue weighted by atomic mass is 16.5. The number of fused-ring (bicyclic) bond motifs is 3. The highest BCUT2D eigenvalue weighted by Gasteiger charge is 2.11. The van der Waals surface area contributed by atoms with Crippen LogP contribution in [0, 0.1) is 0 Å². The van der Waals surface area contributed by atoms with Crippen molar-refractivity contribution in [3.05, 3.63) is 42.0 Å². The zero-order valence-corrected chi connectivity index (χ0v) is 6.97. The fourth-order valence-corrected chi connectivity index (χ4v) is 1.59. The fraction of sp³-hybridized carbons (Fsp3) is 0.100. The number of nitrogens with zero attached hydrogens (tertiary/aromatic N) is 2. The maximum Gasteiger partial charge on any atom is 0.137 e. The number of hydrogen-bond donors (Lipinski definition) is 0. The van der Waals surface area contributed by atoms with Crippen LogP contribution in [-0.2, 0) is 11.3 Å². The molecule has 0 radical (unpaired) electrons. The number of ether oxygens (including phenoxy) is 1. The summed E-state index contributed by atoms with van der Waals surface area (Å²) in [4.78, 5) is 4.44. The van der Waals surface area contributed by atoms with E-state index in [1.54, 1.807) is 6.26 Å². The van der Waals surface area contributed by atoms with E-state index in [-0.39, 0.29) is 0 Å². The van der Waals surface area contributed by atoms with Crippen LogP contribution in [-0.4, -0.2) is 9.38 Å². The van der Waals surface area contributed by atoms with Crippen LogP contribution in [0.25, 0.3) is 11.7 Å². The van der Waals surface area contributed by atoms with Gasteiger partial charge in [-0.2, -0.15) is 0 Å². The summed E-state index contributed by atoms with van der Waals surface area (Å²) in [6, 6.07) is 5.97. The second-order valence-electron chi connectivity index (χ2n) is 2.99. The molecule has 0 bridgehead atoms. The van der Waals surface area contributed by atoms with Crippen LogP contribution in [0.3, 0.4) is 0 Å². The molecular formula is C10H8N2O. The first-order chi connectivity index (χ1) is 6.45. The summed E-state index contributed by atoms with van der Waals surface area (Å²) in [6.07, 6.45) is 5.67. The molecule has 0 saturated carbocycles. The van der Waals surface area contributed by atoms with Gasteiger partial charge in [0.2, 0.25) is 0 Å². The molecule has 0 spiro atoms. The van der Waals surface area contributed by atoms with Gasteiger partial charge in [-0.05, 0) is 18.2 Å². The van der Waals surface area contributed by atoms with Crippen molar-refractivity contribution >= 4 is 11.7 Å². The first kappa shape index (κ1) is 6.71. The normalized spacial score (nSPS) is 14.2. The maximum absolute atomic E-state index is 5.17. The summed E-state index contributed by atoms with van der Waals surface area (Å²) in [5, 5.41) is 0. The number of rotatable bonds is 0. The van der Waals surface area contributed by atoms with Gasteiger partial charge in [-0.3, -0.25) is 4.40 Å². The molecule has 1 aliphatic heterocycles. The Balaban J connectivity index is 2.42. The van der Waals surface area contributed by atoms with Gasteiger partial charge in [0.1, 0.15) is 17.9 Å². The quantitative estimate of drug-likeness (QED) is 0.606. The maximum atomic E-state index is 5.17. The third kappa shape index (κ3) is 0.869. The van der Waals surface area contributed by atoms with E-state index in [1.807, 2.05) is 30.5 Å². The summed E-state index contributed by atoms with van der Waals surface area (Å²) in [6.45, 7) is 0.577. The lowest BCUT2D eigenvalue weighted by Gasteiger charge is -2.05. The van der Waals surface area contributed by atoms with Crippen molar-refractivity contribution in [2.45, 2.75) is 6.61 Å². The van der Waals surface area contributed by atoms with E-state index in [4.69, 9.17) is 4.74 Å². The van der Waals surface area contributed by atoms with Crippen LogP contribution in [0.2, 0.25) is 0 Å². The predicted molar refractivity (Wildman–Crippen MR) is 49.0 cm³/mol. The van der Waals surface area contributed by atoms with E-state index in [0.717, 1.165) is 17.0 Å². The Morgan fingerprint density at radius 1 is 1.38 bits per heavy atom. The Morgan fingerprint density at radius 3 is 3.38 bits per heavy atom. The van der Waals surface area contributed by atoms with Gasteiger partial charge in [-0.25, -0.2) is 4.98 Å². The largest absolute Gasteiger partial charge is 0.495 e. The number of hydrogen-bond acceptors (Lipinski definition) is 2. The molecule has 2 aromatic rings. The second kappa shape index (κ2) is 2.36. The van der Waals surface area contributed by atoms with Gasteiger partial charge in [-0.1, -0.05) is 6.07 Å². The molecule has 0 atom stereocenters. The van der Waals surface area contributed by atoms with Gasteiger partial charge < -0.3 is 4.74 Å². The molecule has 3 heteroatoms. The Kier molecular flexibility index (Phi) is 1.22. The van der Waals surface area contributed by atoms with Crippen LogP contribution in [0.15, 0.2) is 30.7 Å².